The summed E-state index contributed by atoms with van der Waals surface area (Å²) < 4.78 is 0. The summed E-state index contributed by atoms with van der Waals surface area (Å²) in [4.78, 5) is 13.4. The molecule has 5 heteroatoms. The predicted octanol–water partition coefficient (Wildman–Crippen LogP) is 1.04. The zero-order valence-corrected chi connectivity index (χ0v) is 6.47. The molecule has 64 valence electrons. The van der Waals surface area contributed by atoms with Crippen molar-refractivity contribution < 1.29 is 10.0 Å². The topological polar surface area (TPSA) is 76.3 Å². The first-order valence-corrected chi connectivity index (χ1v) is 3.39. The van der Waals surface area contributed by atoms with Gasteiger partial charge in [-0.2, -0.15) is 0 Å². The molecular weight excluding hydrogens is 160 g/mol. The number of hydrogen-bond acceptors (Lipinski definition) is 4. The third-order valence-corrected chi connectivity index (χ3v) is 1.41. The van der Waals surface area contributed by atoms with E-state index < -0.39 is 11.0 Å². The molecule has 0 aliphatic heterocycles. The zero-order valence-electron chi connectivity index (χ0n) is 6.47. The number of nitro groups is 1. The second kappa shape index (κ2) is 3.27. The Labute approximate surface area is 68.8 Å². The van der Waals surface area contributed by atoms with E-state index >= 15 is 0 Å². The van der Waals surface area contributed by atoms with Gasteiger partial charge >= 0.3 is 0 Å². The van der Waals surface area contributed by atoms with E-state index in [4.69, 9.17) is 5.11 Å². The standard InChI is InChI=1S/C7H8N2O3/c1-5(10)7-3-2-6(4-8-7)9(11)12/h2-5,10H,1H3/t5-/m0/s1. The van der Waals surface area contributed by atoms with E-state index in [0.29, 0.717) is 5.69 Å². The van der Waals surface area contributed by atoms with Crippen molar-refractivity contribution >= 4 is 5.69 Å². The van der Waals surface area contributed by atoms with Crippen LogP contribution in [0.25, 0.3) is 0 Å². The molecule has 0 bridgehead atoms. The lowest BCUT2D eigenvalue weighted by Crippen LogP contribution is -1.96. The maximum atomic E-state index is 10.2. The minimum Gasteiger partial charge on any atom is -0.387 e. The Morgan fingerprint density at radius 3 is 2.67 bits per heavy atom. The van der Waals surface area contributed by atoms with Crippen LogP contribution in [0.15, 0.2) is 18.3 Å². The van der Waals surface area contributed by atoms with Gasteiger partial charge in [0.1, 0.15) is 6.20 Å². The highest BCUT2D eigenvalue weighted by molar-refractivity contribution is 5.27. The molecule has 1 rings (SSSR count). The predicted molar refractivity (Wildman–Crippen MR) is 41.5 cm³/mol. The third-order valence-electron chi connectivity index (χ3n) is 1.41. The first-order chi connectivity index (χ1) is 5.61. The van der Waals surface area contributed by atoms with Gasteiger partial charge in [-0.25, -0.2) is 0 Å². The summed E-state index contributed by atoms with van der Waals surface area (Å²) in [6, 6.07) is 2.75. The zero-order chi connectivity index (χ0) is 9.14. The molecule has 0 radical (unpaired) electrons. The lowest BCUT2D eigenvalue weighted by Gasteiger charge is -2.00. The van der Waals surface area contributed by atoms with Crippen LogP contribution in [0.3, 0.4) is 0 Å². The summed E-state index contributed by atoms with van der Waals surface area (Å²) in [5, 5.41) is 19.2. The van der Waals surface area contributed by atoms with Crippen molar-refractivity contribution in [1.82, 2.24) is 4.98 Å². The first-order valence-electron chi connectivity index (χ1n) is 3.39. The van der Waals surface area contributed by atoms with Crippen molar-refractivity contribution in [3.63, 3.8) is 0 Å². The fraction of sp³-hybridized carbons (Fsp3) is 0.286. The van der Waals surface area contributed by atoms with E-state index in [0.717, 1.165) is 6.20 Å². The smallest absolute Gasteiger partial charge is 0.287 e. The van der Waals surface area contributed by atoms with Crippen molar-refractivity contribution in [1.29, 1.82) is 0 Å². The number of hydrogen-bond donors (Lipinski definition) is 1. The molecule has 1 atom stereocenters. The highest BCUT2D eigenvalue weighted by Crippen LogP contribution is 2.13. The van der Waals surface area contributed by atoms with Gasteiger partial charge in [0.25, 0.3) is 5.69 Å². The Morgan fingerprint density at radius 1 is 1.67 bits per heavy atom. The number of aliphatic hydroxyl groups excluding tert-OH is 1. The lowest BCUT2D eigenvalue weighted by molar-refractivity contribution is -0.385. The fourth-order valence-electron chi connectivity index (χ4n) is 0.753. The molecular formula is C7H8N2O3. The monoisotopic (exact) mass is 168 g/mol. The van der Waals surface area contributed by atoms with Crippen LogP contribution in [0.5, 0.6) is 0 Å². The normalized spacial score (nSPS) is 12.5. The number of aromatic nitrogens is 1. The van der Waals surface area contributed by atoms with Crippen LogP contribution in [0.1, 0.15) is 18.7 Å². The lowest BCUT2D eigenvalue weighted by atomic mass is 10.2. The molecule has 1 aromatic rings. The van der Waals surface area contributed by atoms with E-state index in [-0.39, 0.29) is 5.69 Å². The number of aliphatic hydroxyl groups is 1. The average molecular weight is 168 g/mol. The summed E-state index contributed by atoms with van der Waals surface area (Å²) in [6.45, 7) is 1.55. The quantitative estimate of drug-likeness (QED) is 0.528. The Hall–Kier alpha value is -1.49. The molecule has 0 spiro atoms. The van der Waals surface area contributed by atoms with Crippen LogP contribution in [-0.2, 0) is 0 Å². The van der Waals surface area contributed by atoms with Crippen molar-refractivity contribution in [3.05, 3.63) is 34.1 Å². The van der Waals surface area contributed by atoms with Crippen molar-refractivity contribution in [2.24, 2.45) is 0 Å². The molecule has 0 fully saturated rings. The van der Waals surface area contributed by atoms with Gasteiger partial charge in [0.05, 0.1) is 16.7 Å². The minimum atomic E-state index is -0.689. The molecule has 0 saturated heterocycles. The second-order valence-corrected chi connectivity index (χ2v) is 2.37. The van der Waals surface area contributed by atoms with E-state index in [1.165, 1.54) is 12.1 Å². The molecule has 12 heavy (non-hydrogen) atoms. The maximum Gasteiger partial charge on any atom is 0.287 e. The molecule has 0 aliphatic rings. The number of pyridine rings is 1. The second-order valence-electron chi connectivity index (χ2n) is 2.37. The Bertz CT molecular complexity index is 281. The molecule has 1 aromatic heterocycles. The van der Waals surface area contributed by atoms with Gasteiger partial charge in [0.2, 0.25) is 0 Å². The fourth-order valence-corrected chi connectivity index (χ4v) is 0.753. The van der Waals surface area contributed by atoms with Gasteiger partial charge in [0.15, 0.2) is 0 Å². The molecule has 0 aromatic carbocycles. The van der Waals surface area contributed by atoms with Crippen LogP contribution in [0.2, 0.25) is 0 Å². The van der Waals surface area contributed by atoms with Crippen molar-refractivity contribution in [3.8, 4) is 0 Å². The van der Waals surface area contributed by atoms with Crippen molar-refractivity contribution in [2.75, 3.05) is 0 Å². The van der Waals surface area contributed by atoms with E-state index in [1.807, 2.05) is 0 Å². The Morgan fingerprint density at radius 2 is 2.33 bits per heavy atom. The molecule has 5 nitrogen and oxygen atoms in total. The summed E-state index contributed by atoms with van der Waals surface area (Å²) in [6.07, 6.45) is 0.438. The average Bonchev–Trinajstić information content (AvgIpc) is 2.04. The van der Waals surface area contributed by atoms with Gasteiger partial charge in [-0.3, -0.25) is 15.1 Å². The van der Waals surface area contributed by atoms with Gasteiger partial charge < -0.3 is 5.11 Å². The maximum absolute atomic E-state index is 10.2. The van der Waals surface area contributed by atoms with Gasteiger partial charge in [-0.05, 0) is 13.0 Å². The molecule has 0 saturated carbocycles. The van der Waals surface area contributed by atoms with E-state index in [2.05, 4.69) is 4.98 Å². The summed E-state index contributed by atoms with van der Waals surface area (Å²) in [5.41, 5.74) is 0.361. The van der Waals surface area contributed by atoms with Crippen LogP contribution in [-0.4, -0.2) is 15.0 Å². The van der Waals surface area contributed by atoms with Crippen molar-refractivity contribution in [2.45, 2.75) is 13.0 Å². The van der Waals surface area contributed by atoms with Crippen LogP contribution in [0, 0.1) is 10.1 Å². The van der Waals surface area contributed by atoms with Crippen LogP contribution < -0.4 is 0 Å². The summed E-state index contributed by atoms with van der Waals surface area (Å²) in [7, 11) is 0. The number of nitrogens with zero attached hydrogens (tertiary/aromatic N) is 2. The van der Waals surface area contributed by atoms with E-state index in [9.17, 15) is 10.1 Å². The highest BCUT2D eigenvalue weighted by atomic mass is 16.6. The molecule has 0 aliphatic carbocycles. The van der Waals surface area contributed by atoms with Gasteiger partial charge in [-0.15, -0.1) is 0 Å². The summed E-state index contributed by atoms with van der Waals surface area (Å²) >= 11 is 0. The van der Waals surface area contributed by atoms with Gasteiger partial charge in [-0.1, -0.05) is 0 Å². The molecule has 0 amide bonds. The van der Waals surface area contributed by atoms with Crippen LogP contribution >= 0.6 is 0 Å². The molecule has 1 heterocycles. The highest BCUT2D eigenvalue weighted by Gasteiger charge is 2.07. The number of rotatable bonds is 2. The molecule has 1 N–H and O–H groups in total. The first kappa shape index (κ1) is 8.61. The Kier molecular flexibility index (Phi) is 2.35. The van der Waals surface area contributed by atoms with E-state index in [1.54, 1.807) is 6.92 Å². The minimum absolute atomic E-state index is 0.0700. The molecule has 0 unspecified atom stereocenters. The van der Waals surface area contributed by atoms with Crippen LogP contribution in [0.4, 0.5) is 5.69 Å². The Balaban J connectivity index is 2.93. The largest absolute Gasteiger partial charge is 0.387 e. The summed E-state index contributed by atoms with van der Waals surface area (Å²) in [5.74, 6) is 0. The third kappa shape index (κ3) is 1.76. The SMILES string of the molecule is C[C@H](O)c1ccc([N+](=O)[O-])cn1. The van der Waals surface area contributed by atoms with Gasteiger partial charge in [0, 0.05) is 6.07 Å².